The van der Waals surface area contributed by atoms with Crippen molar-refractivity contribution in [2.75, 3.05) is 0 Å². The Labute approximate surface area is 329 Å². The molecule has 3 aromatic heterocycles. The van der Waals surface area contributed by atoms with Crippen molar-refractivity contribution in [3.63, 3.8) is 0 Å². The van der Waals surface area contributed by atoms with Crippen LogP contribution in [0.3, 0.4) is 0 Å². The first-order valence-corrected chi connectivity index (χ1v) is 19.6. The lowest BCUT2D eigenvalue weighted by Crippen LogP contribution is -1.94. The molecular weight excluding hydrogens is 691 g/mol. The fourth-order valence-corrected chi connectivity index (χ4v) is 9.34. The van der Waals surface area contributed by atoms with Gasteiger partial charge < -0.3 is 13.7 Å². The topological polar surface area (TPSA) is 14.8 Å². The lowest BCUT2D eigenvalue weighted by atomic mass is 9.97. The van der Waals surface area contributed by atoms with Gasteiger partial charge in [0, 0.05) is 49.4 Å². The van der Waals surface area contributed by atoms with Crippen LogP contribution < -0.4 is 0 Å². The number of fused-ring (bicyclic) bond motifs is 10. The number of nitrogens with zero attached hydrogens (tertiary/aromatic N) is 3. The van der Waals surface area contributed by atoms with Crippen LogP contribution in [0.2, 0.25) is 0 Å². The van der Waals surface area contributed by atoms with E-state index in [1.807, 2.05) is 0 Å². The van der Waals surface area contributed by atoms with Crippen LogP contribution in [0.4, 0.5) is 0 Å². The molecule has 0 fully saturated rings. The standard InChI is InChI=1S/C54H35N3/c1-4-17-40(18-5-1)55-48-26-13-11-24-45(48)53-49(55)31-32-50-54(53)46-30-28-39(35-52(46)57(50)42-21-8-3-9-22-42)37-16-14-15-36(33-37)38-27-29-44-43-23-10-12-25-47(43)56(51(44)34-38)41-19-6-2-7-20-41/h1-35H. The van der Waals surface area contributed by atoms with Gasteiger partial charge in [-0.05, 0) is 101 Å². The molecule has 0 aliphatic heterocycles. The summed E-state index contributed by atoms with van der Waals surface area (Å²) in [5, 5.41) is 7.59. The summed E-state index contributed by atoms with van der Waals surface area (Å²) in [6.45, 7) is 0. The zero-order chi connectivity index (χ0) is 37.5. The van der Waals surface area contributed by atoms with Crippen LogP contribution in [0.15, 0.2) is 212 Å². The molecule has 0 amide bonds. The number of hydrogen-bond donors (Lipinski definition) is 0. The number of aromatic nitrogens is 3. The Morgan fingerprint density at radius 2 is 0.579 bits per heavy atom. The Kier molecular flexibility index (Phi) is 6.93. The van der Waals surface area contributed by atoms with Crippen LogP contribution in [0.1, 0.15) is 0 Å². The van der Waals surface area contributed by atoms with Gasteiger partial charge in [0.05, 0.1) is 33.1 Å². The monoisotopic (exact) mass is 725 g/mol. The van der Waals surface area contributed by atoms with E-state index < -0.39 is 0 Å². The minimum absolute atomic E-state index is 1.15. The SMILES string of the molecule is c1ccc(-n2c3ccccc3c3ccc(-c4cccc(-c5ccc6c7c8c9ccccc9n(-c9ccccc9)c8ccc7n(-c7ccccc7)c6c5)c4)cc32)cc1. The van der Waals surface area contributed by atoms with Crippen LogP contribution in [0, 0.1) is 0 Å². The number of para-hydroxylation sites is 5. The zero-order valence-electron chi connectivity index (χ0n) is 31.0. The molecule has 57 heavy (non-hydrogen) atoms. The van der Waals surface area contributed by atoms with Gasteiger partial charge in [0.2, 0.25) is 0 Å². The molecule has 9 aromatic carbocycles. The molecule has 0 bridgehead atoms. The number of benzene rings is 9. The van der Waals surface area contributed by atoms with Crippen LogP contribution in [0.5, 0.6) is 0 Å². The van der Waals surface area contributed by atoms with E-state index >= 15 is 0 Å². The highest BCUT2D eigenvalue weighted by atomic mass is 15.0. The van der Waals surface area contributed by atoms with Crippen molar-refractivity contribution in [1.82, 2.24) is 13.7 Å². The maximum atomic E-state index is 2.45. The Morgan fingerprint density at radius 1 is 0.211 bits per heavy atom. The molecule has 3 heterocycles. The van der Waals surface area contributed by atoms with E-state index in [0.717, 1.165) is 11.4 Å². The van der Waals surface area contributed by atoms with Gasteiger partial charge >= 0.3 is 0 Å². The summed E-state index contributed by atoms with van der Waals surface area (Å²) in [5.41, 5.74) is 15.5. The van der Waals surface area contributed by atoms with E-state index in [9.17, 15) is 0 Å². The quantitative estimate of drug-likeness (QED) is 0.168. The fourth-order valence-electron chi connectivity index (χ4n) is 9.34. The number of hydrogen-bond acceptors (Lipinski definition) is 0. The van der Waals surface area contributed by atoms with Crippen LogP contribution in [-0.4, -0.2) is 13.7 Å². The minimum atomic E-state index is 1.15. The Balaban J connectivity index is 1.07. The Bertz CT molecular complexity index is 3500. The predicted molar refractivity (Wildman–Crippen MR) is 240 cm³/mol. The Hall–Kier alpha value is -7.62. The molecule has 3 nitrogen and oxygen atoms in total. The fraction of sp³-hybridized carbons (Fsp3) is 0. The first-order valence-electron chi connectivity index (χ1n) is 19.6. The predicted octanol–water partition coefficient (Wildman–Crippen LogP) is 14.3. The molecule has 0 spiro atoms. The van der Waals surface area contributed by atoms with Gasteiger partial charge in [-0.3, -0.25) is 0 Å². The van der Waals surface area contributed by atoms with Crippen molar-refractivity contribution >= 4 is 65.4 Å². The third kappa shape index (κ3) is 4.79. The second-order valence-electron chi connectivity index (χ2n) is 14.9. The van der Waals surface area contributed by atoms with E-state index in [4.69, 9.17) is 0 Å². The van der Waals surface area contributed by atoms with Gasteiger partial charge in [0.25, 0.3) is 0 Å². The normalized spacial score (nSPS) is 11.9. The molecule has 12 rings (SSSR count). The van der Waals surface area contributed by atoms with E-state index in [1.54, 1.807) is 0 Å². The molecule has 3 heteroatoms. The summed E-state index contributed by atoms with van der Waals surface area (Å²) < 4.78 is 7.25. The minimum Gasteiger partial charge on any atom is -0.309 e. The van der Waals surface area contributed by atoms with E-state index in [-0.39, 0.29) is 0 Å². The van der Waals surface area contributed by atoms with Gasteiger partial charge in [0.1, 0.15) is 0 Å². The van der Waals surface area contributed by atoms with Gasteiger partial charge in [-0.2, -0.15) is 0 Å². The largest absolute Gasteiger partial charge is 0.309 e. The average Bonchev–Trinajstić information content (AvgIpc) is 3.92. The maximum absolute atomic E-state index is 2.45. The molecule has 0 atom stereocenters. The summed E-state index contributed by atoms with van der Waals surface area (Å²) in [4.78, 5) is 0. The highest BCUT2D eigenvalue weighted by molar-refractivity contribution is 6.29. The van der Waals surface area contributed by atoms with Crippen LogP contribution >= 0.6 is 0 Å². The average molecular weight is 726 g/mol. The molecule has 12 aromatic rings. The Morgan fingerprint density at radius 3 is 1.14 bits per heavy atom. The first-order chi connectivity index (χ1) is 28.3. The maximum Gasteiger partial charge on any atom is 0.0548 e. The third-order valence-electron chi connectivity index (χ3n) is 11.8. The molecular formula is C54H35N3. The molecule has 0 N–H and O–H groups in total. The summed E-state index contributed by atoms with van der Waals surface area (Å²) in [6, 6.07) is 77.4. The molecule has 0 saturated heterocycles. The van der Waals surface area contributed by atoms with Gasteiger partial charge in [0.15, 0.2) is 0 Å². The highest BCUT2D eigenvalue weighted by Gasteiger charge is 2.21. The first kappa shape index (κ1) is 31.7. The van der Waals surface area contributed by atoms with Gasteiger partial charge in [-0.1, -0.05) is 133 Å². The molecule has 266 valence electrons. The third-order valence-corrected chi connectivity index (χ3v) is 11.8. The van der Waals surface area contributed by atoms with Crippen LogP contribution in [0.25, 0.3) is 105 Å². The van der Waals surface area contributed by atoms with Crippen molar-refractivity contribution < 1.29 is 0 Å². The second kappa shape index (κ2) is 12.5. The highest BCUT2D eigenvalue weighted by Crippen LogP contribution is 2.43. The molecule has 0 aliphatic rings. The number of rotatable bonds is 5. The summed E-state index contributed by atoms with van der Waals surface area (Å²) >= 11 is 0. The van der Waals surface area contributed by atoms with E-state index in [0.29, 0.717) is 0 Å². The molecule has 0 radical (unpaired) electrons. The van der Waals surface area contributed by atoms with Gasteiger partial charge in [-0.15, -0.1) is 0 Å². The molecule has 0 unspecified atom stereocenters. The van der Waals surface area contributed by atoms with Crippen molar-refractivity contribution in [2.45, 2.75) is 0 Å². The smallest absolute Gasteiger partial charge is 0.0548 e. The van der Waals surface area contributed by atoms with E-state index in [2.05, 4.69) is 226 Å². The lowest BCUT2D eigenvalue weighted by molar-refractivity contribution is 1.17. The summed E-state index contributed by atoms with van der Waals surface area (Å²) in [5.74, 6) is 0. The van der Waals surface area contributed by atoms with Crippen LogP contribution in [-0.2, 0) is 0 Å². The van der Waals surface area contributed by atoms with E-state index in [1.165, 1.54) is 93.4 Å². The van der Waals surface area contributed by atoms with Crippen molar-refractivity contribution in [1.29, 1.82) is 0 Å². The lowest BCUT2D eigenvalue weighted by Gasteiger charge is -2.11. The molecule has 0 saturated carbocycles. The van der Waals surface area contributed by atoms with Crippen molar-refractivity contribution in [3.05, 3.63) is 212 Å². The summed E-state index contributed by atoms with van der Waals surface area (Å²) in [7, 11) is 0. The second-order valence-corrected chi connectivity index (χ2v) is 14.9. The van der Waals surface area contributed by atoms with Crippen molar-refractivity contribution in [2.24, 2.45) is 0 Å². The molecule has 0 aliphatic carbocycles. The zero-order valence-corrected chi connectivity index (χ0v) is 31.0. The van der Waals surface area contributed by atoms with Crippen molar-refractivity contribution in [3.8, 4) is 39.3 Å². The van der Waals surface area contributed by atoms with Gasteiger partial charge in [-0.25, -0.2) is 0 Å². The summed E-state index contributed by atoms with van der Waals surface area (Å²) in [6.07, 6.45) is 0.